The van der Waals surface area contributed by atoms with Crippen molar-refractivity contribution in [1.82, 2.24) is 0 Å². The van der Waals surface area contributed by atoms with Crippen LogP contribution in [0.1, 0.15) is 18.5 Å². The second kappa shape index (κ2) is 6.19. The Bertz CT molecular complexity index is 584. The molecule has 0 aliphatic carbocycles. The molecule has 0 radical (unpaired) electrons. The molecule has 0 saturated carbocycles. The molecule has 106 valence electrons. The topological polar surface area (TPSA) is 50.7 Å². The minimum Gasteiger partial charge on any atom is -0.507 e. The number of methoxy groups -OCH3 is 2. The first-order valence-corrected chi connectivity index (χ1v) is 6.42. The van der Waals surface area contributed by atoms with Crippen molar-refractivity contribution in [1.29, 1.82) is 0 Å². The van der Waals surface area contributed by atoms with Crippen molar-refractivity contribution in [3.05, 3.63) is 48.0 Å². The molecule has 0 bridgehead atoms. The van der Waals surface area contributed by atoms with E-state index < -0.39 is 0 Å². The third kappa shape index (κ3) is 2.96. The quantitative estimate of drug-likeness (QED) is 0.874. The van der Waals surface area contributed by atoms with Crippen LogP contribution in [0.3, 0.4) is 0 Å². The molecular formula is C16H19NO3. The highest BCUT2D eigenvalue weighted by atomic mass is 16.5. The molecule has 20 heavy (non-hydrogen) atoms. The lowest BCUT2D eigenvalue weighted by atomic mass is 10.1. The molecule has 4 nitrogen and oxygen atoms in total. The van der Waals surface area contributed by atoms with Gasteiger partial charge in [0.2, 0.25) is 0 Å². The molecule has 2 rings (SSSR count). The molecule has 0 amide bonds. The summed E-state index contributed by atoms with van der Waals surface area (Å²) in [5.41, 5.74) is 1.69. The molecule has 0 fully saturated rings. The maximum absolute atomic E-state index is 10.0. The van der Waals surface area contributed by atoms with Crippen LogP contribution in [0.25, 0.3) is 0 Å². The predicted molar refractivity (Wildman–Crippen MR) is 79.7 cm³/mol. The van der Waals surface area contributed by atoms with Crippen LogP contribution >= 0.6 is 0 Å². The molecule has 0 saturated heterocycles. The number of nitrogens with one attached hydrogen (secondary N) is 1. The molecule has 2 N–H and O–H groups in total. The van der Waals surface area contributed by atoms with E-state index in [4.69, 9.17) is 9.47 Å². The zero-order valence-corrected chi connectivity index (χ0v) is 11.9. The molecule has 0 heterocycles. The number of phenolic OH excluding ortho intramolecular Hbond substituents is 1. The maximum Gasteiger partial charge on any atom is 0.141 e. The number of hydrogen-bond donors (Lipinski definition) is 2. The summed E-state index contributed by atoms with van der Waals surface area (Å²) in [6, 6.07) is 12.9. The van der Waals surface area contributed by atoms with Gasteiger partial charge in [-0.2, -0.15) is 0 Å². The summed E-state index contributed by atoms with van der Waals surface area (Å²) in [5, 5.41) is 13.4. The van der Waals surface area contributed by atoms with E-state index in [9.17, 15) is 5.11 Å². The summed E-state index contributed by atoms with van der Waals surface area (Å²) in [6.07, 6.45) is 0. The average Bonchev–Trinajstić information content (AvgIpc) is 2.47. The fourth-order valence-electron chi connectivity index (χ4n) is 2.09. The van der Waals surface area contributed by atoms with E-state index in [2.05, 4.69) is 5.32 Å². The normalized spacial score (nSPS) is 11.8. The number of hydrogen-bond acceptors (Lipinski definition) is 4. The number of aromatic hydroxyl groups is 1. The van der Waals surface area contributed by atoms with Gasteiger partial charge in [-0.25, -0.2) is 0 Å². The van der Waals surface area contributed by atoms with Gasteiger partial charge >= 0.3 is 0 Å². The summed E-state index contributed by atoms with van der Waals surface area (Å²) in [6.45, 7) is 1.98. The molecule has 0 spiro atoms. The van der Waals surface area contributed by atoms with E-state index in [0.717, 1.165) is 17.0 Å². The number of anilines is 1. The highest BCUT2D eigenvalue weighted by molar-refractivity contribution is 5.58. The van der Waals surface area contributed by atoms with Crippen LogP contribution in [0.5, 0.6) is 17.2 Å². The second-order valence-corrected chi connectivity index (χ2v) is 4.49. The third-order valence-corrected chi connectivity index (χ3v) is 3.18. The molecule has 0 aliphatic rings. The summed E-state index contributed by atoms with van der Waals surface area (Å²) in [5.74, 6) is 1.61. The average molecular weight is 273 g/mol. The zero-order valence-electron chi connectivity index (χ0n) is 11.9. The summed E-state index contributed by atoms with van der Waals surface area (Å²) in [4.78, 5) is 0. The van der Waals surface area contributed by atoms with Gasteiger partial charge in [0.05, 0.1) is 25.9 Å². The predicted octanol–water partition coefficient (Wildman–Crippen LogP) is 3.58. The lowest BCUT2D eigenvalue weighted by Gasteiger charge is -2.19. The lowest BCUT2D eigenvalue weighted by Crippen LogP contribution is -2.08. The first-order valence-electron chi connectivity index (χ1n) is 6.42. The van der Waals surface area contributed by atoms with Crippen LogP contribution in [-0.4, -0.2) is 19.3 Å². The van der Waals surface area contributed by atoms with Crippen molar-refractivity contribution in [2.45, 2.75) is 13.0 Å². The largest absolute Gasteiger partial charge is 0.507 e. The van der Waals surface area contributed by atoms with Crippen molar-refractivity contribution in [2.75, 3.05) is 19.5 Å². The number of para-hydroxylation sites is 2. The Labute approximate surface area is 119 Å². The van der Waals surface area contributed by atoms with Gasteiger partial charge in [0.25, 0.3) is 0 Å². The van der Waals surface area contributed by atoms with E-state index in [1.165, 1.54) is 0 Å². The molecule has 2 aromatic rings. The standard InChI is InChI=1S/C16H19NO3/c1-11(13-9-8-12(19-2)10-15(13)18)17-14-6-4-5-7-16(14)20-3/h4-11,17-18H,1-3H3. The van der Waals surface area contributed by atoms with E-state index >= 15 is 0 Å². The van der Waals surface area contributed by atoms with Crippen LogP contribution < -0.4 is 14.8 Å². The van der Waals surface area contributed by atoms with Crippen molar-refractivity contribution in [2.24, 2.45) is 0 Å². The summed E-state index contributed by atoms with van der Waals surface area (Å²) in [7, 11) is 3.21. The van der Waals surface area contributed by atoms with Crippen molar-refractivity contribution in [3.8, 4) is 17.2 Å². The van der Waals surface area contributed by atoms with Crippen molar-refractivity contribution in [3.63, 3.8) is 0 Å². The molecule has 4 heteroatoms. The highest BCUT2D eigenvalue weighted by Crippen LogP contribution is 2.32. The van der Waals surface area contributed by atoms with Gasteiger partial charge in [0.1, 0.15) is 17.2 Å². The monoisotopic (exact) mass is 273 g/mol. The second-order valence-electron chi connectivity index (χ2n) is 4.49. The number of rotatable bonds is 5. The highest BCUT2D eigenvalue weighted by Gasteiger charge is 2.13. The number of benzene rings is 2. The maximum atomic E-state index is 10.0. The van der Waals surface area contributed by atoms with E-state index in [1.807, 2.05) is 43.3 Å². The first-order chi connectivity index (χ1) is 9.65. The van der Waals surface area contributed by atoms with Crippen LogP contribution in [0.2, 0.25) is 0 Å². The molecule has 0 aromatic heterocycles. The van der Waals surface area contributed by atoms with Crippen LogP contribution in [0.4, 0.5) is 5.69 Å². The number of ether oxygens (including phenoxy) is 2. The zero-order chi connectivity index (χ0) is 14.5. The van der Waals surface area contributed by atoms with Crippen LogP contribution in [0, 0.1) is 0 Å². The fraction of sp³-hybridized carbons (Fsp3) is 0.250. The van der Waals surface area contributed by atoms with Gasteiger partial charge in [-0.15, -0.1) is 0 Å². The molecule has 1 atom stereocenters. The Hall–Kier alpha value is -2.36. The van der Waals surface area contributed by atoms with Crippen LogP contribution in [0.15, 0.2) is 42.5 Å². The van der Waals surface area contributed by atoms with Crippen molar-refractivity contribution >= 4 is 5.69 Å². The van der Waals surface area contributed by atoms with E-state index in [1.54, 1.807) is 20.3 Å². The minimum atomic E-state index is -0.0581. The Balaban J connectivity index is 2.21. The van der Waals surface area contributed by atoms with Gasteiger partial charge in [-0.05, 0) is 31.2 Å². The Kier molecular flexibility index (Phi) is 4.35. The molecule has 1 unspecified atom stereocenters. The Morgan fingerprint density at radius 3 is 2.45 bits per heavy atom. The first kappa shape index (κ1) is 14.1. The van der Waals surface area contributed by atoms with Gasteiger partial charge in [0, 0.05) is 11.6 Å². The molecular weight excluding hydrogens is 254 g/mol. The molecule has 0 aliphatic heterocycles. The molecule has 2 aromatic carbocycles. The van der Waals surface area contributed by atoms with Crippen molar-refractivity contribution < 1.29 is 14.6 Å². The third-order valence-electron chi connectivity index (χ3n) is 3.18. The Morgan fingerprint density at radius 1 is 1.05 bits per heavy atom. The van der Waals surface area contributed by atoms with Crippen LogP contribution in [-0.2, 0) is 0 Å². The van der Waals surface area contributed by atoms with E-state index in [0.29, 0.717) is 5.75 Å². The smallest absolute Gasteiger partial charge is 0.141 e. The van der Waals surface area contributed by atoms with Gasteiger partial charge in [-0.1, -0.05) is 12.1 Å². The lowest BCUT2D eigenvalue weighted by molar-refractivity contribution is 0.405. The van der Waals surface area contributed by atoms with E-state index in [-0.39, 0.29) is 11.8 Å². The Morgan fingerprint density at radius 2 is 1.80 bits per heavy atom. The van der Waals surface area contributed by atoms with Gasteiger partial charge in [-0.3, -0.25) is 0 Å². The summed E-state index contributed by atoms with van der Waals surface area (Å²) < 4.78 is 10.4. The van der Waals surface area contributed by atoms with Gasteiger partial charge in [0.15, 0.2) is 0 Å². The minimum absolute atomic E-state index is 0.0581. The van der Waals surface area contributed by atoms with Gasteiger partial charge < -0.3 is 19.9 Å². The SMILES string of the molecule is COc1ccc(C(C)Nc2ccccc2OC)c(O)c1. The number of phenols is 1. The summed E-state index contributed by atoms with van der Waals surface area (Å²) >= 11 is 0. The fourth-order valence-corrected chi connectivity index (χ4v) is 2.09.